The van der Waals surface area contributed by atoms with Crippen LogP contribution >= 0.6 is 0 Å². The second kappa shape index (κ2) is 9.39. The standard InChI is InChI=1S/C20H28O3/c1-2-3-6-11-19(20(21)22)23-18-14-12-17(13-15-18)16-9-7-4-5-8-10-16/h9,12-15,19H,2-8,10-11H2,1H3,(H,21,22). The zero-order valence-electron chi connectivity index (χ0n) is 14.1. The summed E-state index contributed by atoms with van der Waals surface area (Å²) in [5.41, 5.74) is 2.64. The van der Waals surface area contributed by atoms with Gasteiger partial charge in [-0.3, -0.25) is 0 Å². The summed E-state index contributed by atoms with van der Waals surface area (Å²) >= 11 is 0. The normalized spacial score (nSPS) is 16.3. The van der Waals surface area contributed by atoms with E-state index in [1.807, 2.05) is 12.1 Å². The van der Waals surface area contributed by atoms with Crippen LogP contribution in [0.1, 0.15) is 70.3 Å². The lowest BCUT2D eigenvalue weighted by molar-refractivity contribution is -0.145. The van der Waals surface area contributed by atoms with Crippen molar-refractivity contribution < 1.29 is 14.6 Å². The molecule has 1 aromatic rings. The number of unbranched alkanes of at least 4 members (excludes halogenated alkanes) is 2. The fraction of sp³-hybridized carbons (Fsp3) is 0.550. The van der Waals surface area contributed by atoms with Gasteiger partial charge in [-0.25, -0.2) is 4.79 Å². The summed E-state index contributed by atoms with van der Waals surface area (Å²) in [5, 5.41) is 9.29. The molecule has 1 aliphatic rings. The van der Waals surface area contributed by atoms with Crippen molar-refractivity contribution in [1.82, 2.24) is 0 Å². The highest BCUT2D eigenvalue weighted by Crippen LogP contribution is 2.27. The summed E-state index contributed by atoms with van der Waals surface area (Å²) in [4.78, 5) is 11.3. The second-order valence-corrected chi connectivity index (χ2v) is 6.29. The first-order valence-electron chi connectivity index (χ1n) is 8.89. The lowest BCUT2D eigenvalue weighted by Gasteiger charge is -2.15. The van der Waals surface area contributed by atoms with Crippen LogP contribution in [-0.4, -0.2) is 17.2 Å². The molecule has 0 aliphatic heterocycles. The van der Waals surface area contributed by atoms with Gasteiger partial charge in [0, 0.05) is 0 Å². The lowest BCUT2D eigenvalue weighted by Crippen LogP contribution is -2.26. The van der Waals surface area contributed by atoms with Crippen LogP contribution in [0.25, 0.3) is 5.57 Å². The maximum atomic E-state index is 11.3. The number of allylic oxidation sites excluding steroid dienone is 2. The van der Waals surface area contributed by atoms with E-state index in [0.29, 0.717) is 12.2 Å². The molecule has 0 fully saturated rings. The molecule has 3 heteroatoms. The Balaban J connectivity index is 1.97. The van der Waals surface area contributed by atoms with Crippen LogP contribution in [0.4, 0.5) is 0 Å². The molecule has 1 unspecified atom stereocenters. The van der Waals surface area contributed by atoms with Crippen molar-refractivity contribution in [2.24, 2.45) is 0 Å². The first-order chi connectivity index (χ1) is 11.2. The van der Waals surface area contributed by atoms with E-state index in [9.17, 15) is 9.90 Å². The summed E-state index contributed by atoms with van der Waals surface area (Å²) < 4.78 is 5.67. The smallest absolute Gasteiger partial charge is 0.344 e. The molecule has 0 spiro atoms. The monoisotopic (exact) mass is 316 g/mol. The third kappa shape index (κ3) is 5.74. The van der Waals surface area contributed by atoms with Crippen LogP contribution in [0, 0.1) is 0 Å². The molecule has 0 saturated carbocycles. The highest BCUT2D eigenvalue weighted by molar-refractivity contribution is 5.72. The zero-order valence-corrected chi connectivity index (χ0v) is 14.1. The van der Waals surface area contributed by atoms with E-state index in [1.54, 1.807) is 0 Å². The Labute approximate surface area is 139 Å². The number of ether oxygens (including phenoxy) is 1. The predicted molar refractivity (Wildman–Crippen MR) is 93.7 cm³/mol. The minimum absolute atomic E-state index is 0.566. The molecule has 3 nitrogen and oxygen atoms in total. The van der Waals surface area contributed by atoms with E-state index in [2.05, 4.69) is 25.1 Å². The molecule has 1 aliphatic carbocycles. The largest absolute Gasteiger partial charge is 0.479 e. The number of hydrogen-bond acceptors (Lipinski definition) is 2. The maximum absolute atomic E-state index is 11.3. The molecular formula is C20H28O3. The number of carbonyl (C=O) groups is 1. The number of benzene rings is 1. The molecular weight excluding hydrogens is 288 g/mol. The summed E-state index contributed by atoms with van der Waals surface area (Å²) in [6.07, 6.45) is 11.3. The molecule has 0 radical (unpaired) electrons. The third-order valence-corrected chi connectivity index (χ3v) is 4.39. The van der Waals surface area contributed by atoms with Gasteiger partial charge in [-0.2, -0.15) is 0 Å². The highest BCUT2D eigenvalue weighted by Gasteiger charge is 2.18. The SMILES string of the molecule is CCCCCC(Oc1ccc(C2=CCCCCC2)cc1)C(=O)O. The molecule has 1 N–H and O–H groups in total. The van der Waals surface area contributed by atoms with E-state index in [0.717, 1.165) is 32.1 Å². The minimum Gasteiger partial charge on any atom is -0.479 e. The van der Waals surface area contributed by atoms with Gasteiger partial charge in [-0.05, 0) is 61.8 Å². The van der Waals surface area contributed by atoms with Gasteiger partial charge in [-0.1, -0.05) is 44.4 Å². The quantitative estimate of drug-likeness (QED) is 0.649. The summed E-state index contributed by atoms with van der Waals surface area (Å²) in [7, 11) is 0. The minimum atomic E-state index is -0.878. The Morgan fingerprint density at radius 3 is 2.65 bits per heavy atom. The summed E-state index contributed by atoms with van der Waals surface area (Å²) in [5.74, 6) is -0.233. The average Bonchev–Trinajstić information content (AvgIpc) is 2.84. The van der Waals surface area contributed by atoms with E-state index in [4.69, 9.17) is 4.74 Å². The Hall–Kier alpha value is -1.77. The molecule has 0 heterocycles. The molecule has 0 amide bonds. The van der Waals surface area contributed by atoms with Crippen molar-refractivity contribution in [3.05, 3.63) is 35.9 Å². The van der Waals surface area contributed by atoms with E-state index in [1.165, 1.54) is 30.4 Å². The van der Waals surface area contributed by atoms with E-state index >= 15 is 0 Å². The first kappa shape index (κ1) is 17.6. The van der Waals surface area contributed by atoms with E-state index < -0.39 is 12.1 Å². The number of carboxylic acid groups (broad SMARTS) is 1. The third-order valence-electron chi connectivity index (χ3n) is 4.39. The number of carboxylic acids is 1. The van der Waals surface area contributed by atoms with Crippen molar-refractivity contribution in [3.8, 4) is 5.75 Å². The average molecular weight is 316 g/mol. The van der Waals surface area contributed by atoms with Gasteiger partial charge in [0.2, 0.25) is 0 Å². The molecule has 23 heavy (non-hydrogen) atoms. The molecule has 0 bridgehead atoms. The van der Waals surface area contributed by atoms with Gasteiger partial charge in [0.25, 0.3) is 0 Å². The number of rotatable bonds is 8. The fourth-order valence-electron chi connectivity index (χ4n) is 3.00. The maximum Gasteiger partial charge on any atom is 0.344 e. The Morgan fingerprint density at radius 1 is 1.17 bits per heavy atom. The van der Waals surface area contributed by atoms with Gasteiger partial charge in [-0.15, -0.1) is 0 Å². The van der Waals surface area contributed by atoms with Crippen LogP contribution in [0.5, 0.6) is 5.75 Å². The van der Waals surface area contributed by atoms with Gasteiger partial charge < -0.3 is 9.84 Å². The van der Waals surface area contributed by atoms with Gasteiger partial charge in [0.05, 0.1) is 0 Å². The Kier molecular flexibility index (Phi) is 7.18. The molecule has 1 atom stereocenters. The number of aliphatic carboxylic acids is 1. The van der Waals surface area contributed by atoms with Crippen molar-refractivity contribution in [1.29, 1.82) is 0 Å². The first-order valence-corrected chi connectivity index (χ1v) is 8.89. The van der Waals surface area contributed by atoms with Crippen LogP contribution in [-0.2, 0) is 4.79 Å². The van der Waals surface area contributed by atoms with Crippen LogP contribution in [0.2, 0.25) is 0 Å². The molecule has 1 aromatic carbocycles. The zero-order chi connectivity index (χ0) is 16.5. The Morgan fingerprint density at radius 2 is 1.96 bits per heavy atom. The predicted octanol–water partition coefficient (Wildman–Crippen LogP) is 5.45. The molecule has 126 valence electrons. The van der Waals surface area contributed by atoms with Gasteiger partial charge in [0.1, 0.15) is 5.75 Å². The van der Waals surface area contributed by atoms with E-state index in [-0.39, 0.29) is 0 Å². The fourth-order valence-corrected chi connectivity index (χ4v) is 3.00. The van der Waals surface area contributed by atoms with Gasteiger partial charge in [0.15, 0.2) is 6.10 Å². The summed E-state index contributed by atoms with van der Waals surface area (Å²) in [6, 6.07) is 7.91. The summed E-state index contributed by atoms with van der Waals surface area (Å²) in [6.45, 7) is 2.11. The van der Waals surface area contributed by atoms with Crippen molar-refractivity contribution in [3.63, 3.8) is 0 Å². The van der Waals surface area contributed by atoms with Crippen LogP contribution in [0.15, 0.2) is 30.3 Å². The number of hydrogen-bond donors (Lipinski definition) is 1. The second-order valence-electron chi connectivity index (χ2n) is 6.29. The van der Waals surface area contributed by atoms with Crippen molar-refractivity contribution >= 4 is 11.5 Å². The topological polar surface area (TPSA) is 46.5 Å². The highest BCUT2D eigenvalue weighted by atomic mass is 16.5. The lowest BCUT2D eigenvalue weighted by atomic mass is 10.0. The molecule has 2 rings (SSSR count). The van der Waals surface area contributed by atoms with Gasteiger partial charge >= 0.3 is 5.97 Å². The molecule has 0 aromatic heterocycles. The molecule has 0 saturated heterocycles. The van der Waals surface area contributed by atoms with Crippen molar-refractivity contribution in [2.75, 3.05) is 0 Å². The van der Waals surface area contributed by atoms with Crippen molar-refractivity contribution in [2.45, 2.75) is 70.8 Å². The van der Waals surface area contributed by atoms with Crippen LogP contribution < -0.4 is 4.74 Å². The Bertz CT molecular complexity index is 516. The van der Waals surface area contributed by atoms with Crippen LogP contribution in [0.3, 0.4) is 0 Å².